The van der Waals surface area contributed by atoms with Crippen LogP contribution in [-0.2, 0) is 29.1 Å². The Morgan fingerprint density at radius 1 is 1.05 bits per heavy atom. The van der Waals surface area contributed by atoms with E-state index in [4.69, 9.17) is 19.4 Å². The van der Waals surface area contributed by atoms with Crippen LogP contribution in [0.25, 0.3) is 22.3 Å². The third kappa shape index (κ3) is 8.90. The van der Waals surface area contributed by atoms with Crippen molar-refractivity contribution in [3.63, 3.8) is 0 Å². The second-order valence-corrected chi connectivity index (χ2v) is 22.2. The molecule has 5 aliphatic rings. The first-order valence-electron chi connectivity index (χ1n) is 22.1. The molecule has 16 nitrogen and oxygen atoms in total. The summed E-state index contributed by atoms with van der Waals surface area (Å²) in [6, 6.07) is 4.08. The summed E-state index contributed by atoms with van der Waals surface area (Å²) in [6.07, 6.45) is 8.97. The van der Waals surface area contributed by atoms with Gasteiger partial charge in [0.05, 0.1) is 22.5 Å². The Bertz CT molecular complexity index is 2360. The van der Waals surface area contributed by atoms with Crippen LogP contribution in [0.1, 0.15) is 118 Å². The lowest BCUT2D eigenvalue weighted by molar-refractivity contribution is -0.141. The van der Waals surface area contributed by atoms with Gasteiger partial charge in [0.15, 0.2) is 5.13 Å². The number of allylic oxidation sites excluding steroid dienone is 1. The maximum atomic E-state index is 14.8. The topological polar surface area (TPSA) is 194 Å². The minimum absolute atomic E-state index is 0.0158. The van der Waals surface area contributed by atoms with E-state index in [1.54, 1.807) is 39.0 Å². The van der Waals surface area contributed by atoms with Crippen molar-refractivity contribution >= 4 is 61.3 Å². The number of hydrogen-bond donors (Lipinski definition) is 3. The van der Waals surface area contributed by atoms with Gasteiger partial charge in [-0.25, -0.2) is 18.2 Å². The first-order valence-corrected chi connectivity index (χ1v) is 24.5. The van der Waals surface area contributed by atoms with Crippen molar-refractivity contribution < 1.29 is 37.1 Å². The van der Waals surface area contributed by atoms with E-state index in [2.05, 4.69) is 25.6 Å². The molecule has 8 rings (SSSR count). The first kappa shape index (κ1) is 43.9. The molecule has 4 amide bonds. The average molecular weight is 893 g/mol. The molecule has 0 unspecified atom stereocenters. The van der Waals surface area contributed by atoms with Crippen LogP contribution in [0.2, 0.25) is 0 Å². The number of anilines is 1. The van der Waals surface area contributed by atoms with Gasteiger partial charge >= 0.3 is 6.09 Å². The van der Waals surface area contributed by atoms with Crippen LogP contribution in [0.4, 0.5) is 9.93 Å². The van der Waals surface area contributed by atoms with Crippen molar-refractivity contribution in [3.8, 4) is 17.3 Å². The molecule has 1 aromatic carbocycles. The van der Waals surface area contributed by atoms with Gasteiger partial charge in [-0.15, -0.1) is 11.3 Å². The molecular weight excluding hydrogens is 833 g/mol. The van der Waals surface area contributed by atoms with Crippen molar-refractivity contribution in [2.45, 2.75) is 152 Å². The predicted molar refractivity (Wildman–Crippen MR) is 236 cm³/mol. The van der Waals surface area contributed by atoms with Crippen molar-refractivity contribution in [1.82, 2.24) is 34.8 Å². The number of imidazole rings is 1. The lowest BCUT2D eigenvalue weighted by Crippen LogP contribution is -2.58. The number of sulfonamides is 1. The van der Waals surface area contributed by atoms with Crippen molar-refractivity contribution in [2.75, 3.05) is 24.5 Å². The number of aromatic nitrogens is 3. The fourth-order valence-corrected chi connectivity index (χ4v) is 11.1. The molecule has 2 saturated carbocycles. The molecule has 2 saturated heterocycles. The number of amides is 4. The Hall–Kier alpha value is -4.71. The van der Waals surface area contributed by atoms with Crippen LogP contribution in [0, 0.1) is 5.92 Å². The van der Waals surface area contributed by atoms with Crippen molar-refractivity contribution in [1.29, 1.82) is 0 Å². The number of rotatable bonds is 9. The third-order valence-electron chi connectivity index (χ3n) is 12.8. The fourth-order valence-electron chi connectivity index (χ4n) is 8.87. The highest BCUT2D eigenvalue weighted by Crippen LogP contribution is 2.48. The molecule has 0 spiro atoms. The van der Waals surface area contributed by atoms with Crippen LogP contribution in [0.15, 0.2) is 35.7 Å². The predicted octanol–water partition coefficient (Wildman–Crippen LogP) is 5.98. The Morgan fingerprint density at radius 3 is 2.52 bits per heavy atom. The van der Waals surface area contributed by atoms with Gasteiger partial charge < -0.3 is 29.9 Å². The molecule has 5 atom stereocenters. The molecule has 2 aromatic heterocycles. The second-order valence-electron chi connectivity index (χ2n) is 19.1. The lowest BCUT2D eigenvalue weighted by Gasteiger charge is -2.30. The average Bonchev–Trinajstić information content (AvgIpc) is 3.69. The summed E-state index contributed by atoms with van der Waals surface area (Å²) in [6.45, 7) is 12.9. The van der Waals surface area contributed by atoms with Crippen molar-refractivity contribution in [2.24, 2.45) is 5.92 Å². The largest absolute Gasteiger partial charge is 0.459 e. The summed E-state index contributed by atoms with van der Waals surface area (Å²) in [4.78, 5) is 70.4. The van der Waals surface area contributed by atoms with E-state index >= 15 is 0 Å². The van der Waals surface area contributed by atoms with Gasteiger partial charge in [0, 0.05) is 42.4 Å². The summed E-state index contributed by atoms with van der Waals surface area (Å²) in [5, 5.41) is 8.76. The monoisotopic (exact) mass is 892 g/mol. The Kier molecular flexibility index (Phi) is 11.9. The van der Waals surface area contributed by atoms with Gasteiger partial charge in [-0.05, 0) is 99.0 Å². The summed E-state index contributed by atoms with van der Waals surface area (Å²) < 4.78 is 42.1. The summed E-state index contributed by atoms with van der Waals surface area (Å²) in [5.41, 5.74) is 0.917. The van der Waals surface area contributed by atoms with E-state index in [-0.39, 0.29) is 25.4 Å². The molecule has 336 valence electrons. The number of thiazole rings is 1. The minimum Gasteiger partial charge on any atom is -0.459 e. The SMILES string of the molecule is CC(C)n1c(O[C@@H]2C[C@H]3C(=O)N[C@]4(C(=O)NS(=O)(=O)C5(C)CC5)C[C@H]4/C=C\CCCCC[C@H](NC(=O)OC(C)(C)C)C(=O)N3C2)nc2c(-c3csc(N4CCCC4)n3)cccc21. The number of carbonyl (C=O) groups is 4. The zero-order valence-corrected chi connectivity index (χ0v) is 38.2. The van der Waals surface area contributed by atoms with E-state index in [1.807, 2.05) is 48.8 Å². The van der Waals surface area contributed by atoms with Crippen molar-refractivity contribution in [3.05, 3.63) is 35.7 Å². The van der Waals surface area contributed by atoms with E-state index in [9.17, 15) is 27.6 Å². The van der Waals surface area contributed by atoms with Gasteiger partial charge in [-0.1, -0.05) is 37.1 Å². The van der Waals surface area contributed by atoms with Crippen LogP contribution in [-0.4, -0.2) is 105 Å². The first-order chi connectivity index (χ1) is 29.4. The lowest BCUT2D eigenvalue weighted by atomic mass is 10.0. The summed E-state index contributed by atoms with van der Waals surface area (Å²) >= 11 is 1.62. The van der Waals surface area contributed by atoms with Gasteiger partial charge in [0.2, 0.25) is 21.8 Å². The summed E-state index contributed by atoms with van der Waals surface area (Å²) in [5.74, 6) is -2.34. The minimum atomic E-state index is -4.00. The molecular formula is C44H60N8O8S2. The van der Waals surface area contributed by atoms with Crippen LogP contribution < -0.4 is 25.0 Å². The van der Waals surface area contributed by atoms with Gasteiger partial charge in [0.1, 0.15) is 34.8 Å². The molecule has 18 heteroatoms. The van der Waals surface area contributed by atoms with Crippen LogP contribution in [0.5, 0.6) is 6.01 Å². The highest BCUT2D eigenvalue weighted by Gasteiger charge is 2.63. The van der Waals surface area contributed by atoms with E-state index in [0.29, 0.717) is 43.6 Å². The molecule has 5 heterocycles. The highest BCUT2D eigenvalue weighted by molar-refractivity contribution is 7.91. The van der Waals surface area contributed by atoms with Gasteiger partial charge in [0.25, 0.3) is 11.9 Å². The maximum Gasteiger partial charge on any atom is 0.408 e. The zero-order valence-electron chi connectivity index (χ0n) is 36.6. The molecule has 0 radical (unpaired) electrons. The third-order valence-corrected chi connectivity index (χ3v) is 15.8. The molecule has 3 N–H and O–H groups in total. The molecule has 2 aliphatic carbocycles. The maximum absolute atomic E-state index is 14.8. The van der Waals surface area contributed by atoms with E-state index in [0.717, 1.165) is 60.7 Å². The van der Waals surface area contributed by atoms with E-state index in [1.165, 1.54) is 4.90 Å². The molecule has 4 fully saturated rings. The molecule has 0 bridgehead atoms. The number of carbonyl (C=O) groups excluding carboxylic acids is 4. The number of alkyl carbamates (subject to hydrolysis) is 1. The van der Waals surface area contributed by atoms with E-state index < -0.39 is 73.8 Å². The molecule has 3 aromatic rings. The number of hydrogen-bond acceptors (Lipinski definition) is 12. The Balaban J connectivity index is 1.11. The standard InChI is InChI=1S/C44H60N8O8S2/c1-27(2)52-33-18-14-16-30(32-26-61-40(45-32)50-21-12-13-22-50)35(33)47-39(52)59-29-23-34-36(53)48-44(38(55)49-62(57,58)43(6)19-20-43)24-28(44)15-10-8-7-9-11-17-31(37(54)51(34)25-29)46-41(56)60-42(3,4)5/h10,14-16,18,26-29,31,34H,7-9,11-13,17,19-25H2,1-6H3,(H,46,56)(H,48,53)(H,49,55)/b15-10-/t28-,29-,31+,34+,44-/m1/s1. The molecule has 62 heavy (non-hydrogen) atoms. The van der Waals surface area contributed by atoms with Crippen LogP contribution in [0.3, 0.4) is 0 Å². The smallest absolute Gasteiger partial charge is 0.408 e. The van der Waals surface area contributed by atoms with Gasteiger partial charge in [-0.3, -0.25) is 23.7 Å². The molecule has 3 aliphatic heterocycles. The number of nitrogens with one attached hydrogen (secondary N) is 3. The Labute approximate surface area is 367 Å². The number of ether oxygens (including phenoxy) is 2. The Morgan fingerprint density at radius 2 is 1.81 bits per heavy atom. The van der Waals surface area contributed by atoms with Gasteiger partial charge in [-0.2, -0.15) is 4.98 Å². The summed E-state index contributed by atoms with van der Waals surface area (Å²) in [7, 11) is -4.00. The second kappa shape index (κ2) is 16.8. The van der Waals surface area contributed by atoms with Crippen LogP contribution >= 0.6 is 11.3 Å². The number of nitrogens with zero attached hydrogens (tertiary/aromatic N) is 5. The fraction of sp³-hybridized carbons (Fsp3) is 0.636. The normalized spacial score (nSPS) is 27.1. The number of benzene rings is 1. The quantitative estimate of drug-likeness (QED) is 0.214. The number of para-hydroxylation sites is 1. The number of fused-ring (bicyclic) bond motifs is 3. The highest BCUT2D eigenvalue weighted by atomic mass is 32.2. The zero-order chi connectivity index (χ0) is 44.2.